The minimum Gasteiger partial charge on any atom is -0.337 e. The number of carbonyl (C=O) groups is 1. The number of pyridine rings is 1. The number of hydrogen-bond donors (Lipinski definition) is 1. The van der Waals surface area contributed by atoms with Crippen molar-refractivity contribution in [2.75, 3.05) is 13.1 Å². The molecule has 6 nitrogen and oxygen atoms in total. The summed E-state index contributed by atoms with van der Waals surface area (Å²) in [6.45, 7) is 5.47. The molecular weight excluding hydrogens is 409 g/mol. The predicted octanol–water partition coefficient (Wildman–Crippen LogP) is 4.09. The summed E-state index contributed by atoms with van der Waals surface area (Å²) < 4.78 is 1.88. The number of amides is 1. The Labute approximate surface area is 183 Å². The molecule has 2 aromatic heterocycles. The molecule has 0 bridgehead atoms. The summed E-state index contributed by atoms with van der Waals surface area (Å²) in [5.74, 6) is 0.0121. The lowest BCUT2D eigenvalue weighted by atomic mass is 10.0. The molecule has 0 spiro atoms. The zero-order valence-corrected chi connectivity index (χ0v) is 18.2. The van der Waals surface area contributed by atoms with E-state index >= 15 is 0 Å². The molecule has 1 aliphatic rings. The second-order valence-corrected chi connectivity index (χ2v) is 7.49. The van der Waals surface area contributed by atoms with Gasteiger partial charge in [0.2, 0.25) is 0 Å². The quantitative estimate of drug-likeness (QED) is 0.671. The van der Waals surface area contributed by atoms with Crippen LogP contribution in [0.2, 0.25) is 0 Å². The molecule has 29 heavy (non-hydrogen) atoms. The maximum Gasteiger partial charge on any atom is 0.254 e. The first-order chi connectivity index (χ1) is 13.0. The van der Waals surface area contributed by atoms with Crippen LogP contribution < -0.4 is 5.73 Å². The average molecular weight is 436 g/mol. The van der Waals surface area contributed by atoms with Crippen molar-refractivity contribution in [3.63, 3.8) is 0 Å². The van der Waals surface area contributed by atoms with Gasteiger partial charge >= 0.3 is 0 Å². The van der Waals surface area contributed by atoms with Gasteiger partial charge in [0.1, 0.15) is 0 Å². The molecule has 1 saturated heterocycles. The van der Waals surface area contributed by atoms with Crippen LogP contribution in [-0.2, 0) is 0 Å². The maximum atomic E-state index is 13.3. The molecule has 2 N–H and O–H groups in total. The zero-order valence-electron chi connectivity index (χ0n) is 16.6. The summed E-state index contributed by atoms with van der Waals surface area (Å²) in [5.41, 5.74) is 9.27. The van der Waals surface area contributed by atoms with Gasteiger partial charge in [-0.15, -0.1) is 24.8 Å². The smallest absolute Gasteiger partial charge is 0.254 e. The van der Waals surface area contributed by atoms with Gasteiger partial charge in [-0.2, -0.15) is 5.10 Å². The lowest BCUT2D eigenvalue weighted by Crippen LogP contribution is -2.45. The van der Waals surface area contributed by atoms with Crippen molar-refractivity contribution in [1.82, 2.24) is 19.7 Å². The lowest BCUT2D eigenvalue weighted by molar-refractivity contribution is 0.0711. The van der Waals surface area contributed by atoms with Gasteiger partial charge in [0.15, 0.2) is 5.65 Å². The van der Waals surface area contributed by atoms with Crippen LogP contribution in [0.4, 0.5) is 0 Å². The number of nitrogens with two attached hydrogens (primary N) is 1. The number of aromatic nitrogens is 3. The number of hydrogen-bond acceptors (Lipinski definition) is 4. The van der Waals surface area contributed by atoms with Crippen LogP contribution in [-0.4, -0.2) is 44.7 Å². The van der Waals surface area contributed by atoms with Crippen LogP contribution >= 0.6 is 24.8 Å². The Bertz CT molecular complexity index is 974. The molecule has 1 aliphatic heterocycles. The molecule has 0 saturated carbocycles. The third kappa shape index (κ3) is 4.55. The van der Waals surface area contributed by atoms with Gasteiger partial charge in [0, 0.05) is 30.7 Å². The second-order valence-electron chi connectivity index (χ2n) is 7.49. The molecule has 0 radical (unpaired) electrons. The molecule has 1 aromatic carbocycles. The van der Waals surface area contributed by atoms with E-state index < -0.39 is 0 Å². The largest absolute Gasteiger partial charge is 0.337 e. The maximum absolute atomic E-state index is 13.3. The highest BCUT2D eigenvalue weighted by Crippen LogP contribution is 2.27. The first-order valence-electron chi connectivity index (χ1n) is 9.53. The van der Waals surface area contributed by atoms with Crippen molar-refractivity contribution in [1.29, 1.82) is 0 Å². The Morgan fingerprint density at radius 3 is 2.59 bits per heavy atom. The van der Waals surface area contributed by atoms with Crippen LogP contribution in [0.25, 0.3) is 22.3 Å². The average Bonchev–Trinajstić information content (AvgIpc) is 3.11. The number of piperidine rings is 1. The van der Waals surface area contributed by atoms with E-state index in [0.29, 0.717) is 12.1 Å². The number of fused-ring (bicyclic) bond motifs is 1. The molecule has 1 fully saturated rings. The van der Waals surface area contributed by atoms with Gasteiger partial charge in [-0.1, -0.05) is 30.3 Å². The molecule has 4 rings (SSSR count). The summed E-state index contributed by atoms with van der Waals surface area (Å²) in [5, 5.41) is 5.29. The number of rotatable bonds is 3. The van der Waals surface area contributed by atoms with E-state index in [1.807, 2.05) is 46.0 Å². The summed E-state index contributed by atoms with van der Waals surface area (Å²) in [6.07, 6.45) is 3.67. The van der Waals surface area contributed by atoms with Crippen LogP contribution in [0.15, 0.2) is 42.6 Å². The van der Waals surface area contributed by atoms with Crippen molar-refractivity contribution >= 4 is 41.8 Å². The SMILES string of the molecule is CC(C)n1ncc2c(C(=O)N3CCCC(N)C3)cc(-c3ccccc3)nc21.Cl.Cl. The standard InChI is InChI=1S/C21H25N5O.2ClH/c1-14(2)26-20-18(12-23-26)17(21(27)25-10-6-9-16(22)13-25)11-19(24-20)15-7-4-3-5-8-15;;/h3-5,7-8,11-12,14,16H,6,9-10,13,22H2,1-2H3;2*1H. The predicted molar refractivity (Wildman–Crippen MR) is 121 cm³/mol. The molecule has 3 aromatic rings. The number of likely N-dealkylation sites (tertiary alicyclic amines) is 1. The summed E-state index contributed by atoms with van der Waals surface area (Å²) in [4.78, 5) is 20.0. The highest BCUT2D eigenvalue weighted by atomic mass is 35.5. The van der Waals surface area contributed by atoms with Gasteiger partial charge in [-0.25, -0.2) is 9.67 Å². The highest BCUT2D eigenvalue weighted by molar-refractivity contribution is 6.06. The Hall–Kier alpha value is -2.15. The van der Waals surface area contributed by atoms with Crippen molar-refractivity contribution < 1.29 is 4.79 Å². The molecule has 8 heteroatoms. The van der Waals surface area contributed by atoms with E-state index in [9.17, 15) is 4.79 Å². The molecule has 1 amide bonds. The third-order valence-electron chi connectivity index (χ3n) is 5.10. The topological polar surface area (TPSA) is 77.0 Å². The van der Waals surface area contributed by atoms with Gasteiger partial charge in [-0.3, -0.25) is 4.79 Å². The van der Waals surface area contributed by atoms with E-state index in [4.69, 9.17) is 10.7 Å². The van der Waals surface area contributed by atoms with Crippen LogP contribution in [0.3, 0.4) is 0 Å². The molecular formula is C21H27Cl2N5O. The molecule has 1 atom stereocenters. The van der Waals surface area contributed by atoms with Crippen molar-refractivity contribution in [2.24, 2.45) is 5.73 Å². The van der Waals surface area contributed by atoms with Crippen LogP contribution in [0.1, 0.15) is 43.1 Å². The van der Waals surface area contributed by atoms with Crippen LogP contribution in [0.5, 0.6) is 0 Å². The Morgan fingerprint density at radius 2 is 1.93 bits per heavy atom. The second kappa shape index (κ2) is 9.57. The van der Waals surface area contributed by atoms with Gasteiger partial charge < -0.3 is 10.6 Å². The van der Waals surface area contributed by atoms with E-state index in [-0.39, 0.29) is 42.8 Å². The fraction of sp³-hybridized carbons (Fsp3) is 0.381. The van der Waals surface area contributed by atoms with E-state index in [1.165, 1.54) is 0 Å². The fourth-order valence-corrected chi connectivity index (χ4v) is 3.69. The molecule has 156 valence electrons. The van der Waals surface area contributed by atoms with Crippen molar-refractivity contribution in [2.45, 2.75) is 38.8 Å². The van der Waals surface area contributed by atoms with Crippen molar-refractivity contribution in [3.05, 3.63) is 48.2 Å². The zero-order chi connectivity index (χ0) is 19.0. The summed E-state index contributed by atoms with van der Waals surface area (Å²) in [7, 11) is 0. The summed E-state index contributed by atoms with van der Waals surface area (Å²) >= 11 is 0. The van der Waals surface area contributed by atoms with Gasteiger partial charge in [-0.05, 0) is 32.8 Å². The Morgan fingerprint density at radius 1 is 1.21 bits per heavy atom. The van der Waals surface area contributed by atoms with E-state index in [2.05, 4.69) is 18.9 Å². The minimum absolute atomic E-state index is 0. The minimum atomic E-state index is 0. The lowest BCUT2D eigenvalue weighted by Gasteiger charge is -2.31. The fourth-order valence-electron chi connectivity index (χ4n) is 3.69. The first-order valence-corrected chi connectivity index (χ1v) is 9.53. The Balaban J connectivity index is 0.00000150. The number of benzene rings is 1. The van der Waals surface area contributed by atoms with E-state index in [1.54, 1.807) is 6.20 Å². The number of halogens is 2. The molecule has 1 unspecified atom stereocenters. The first kappa shape index (κ1) is 23.1. The summed E-state index contributed by atoms with van der Waals surface area (Å²) in [6, 6.07) is 12.1. The molecule has 0 aliphatic carbocycles. The molecule has 3 heterocycles. The van der Waals surface area contributed by atoms with Crippen molar-refractivity contribution in [3.8, 4) is 11.3 Å². The Kier molecular flexibility index (Phi) is 7.63. The number of nitrogens with zero attached hydrogens (tertiary/aromatic N) is 4. The third-order valence-corrected chi connectivity index (χ3v) is 5.10. The van der Waals surface area contributed by atoms with Gasteiger partial charge in [0.05, 0.1) is 22.8 Å². The normalized spacial score (nSPS) is 16.4. The monoisotopic (exact) mass is 435 g/mol. The van der Waals surface area contributed by atoms with Crippen LogP contribution in [0, 0.1) is 0 Å². The van der Waals surface area contributed by atoms with Gasteiger partial charge in [0.25, 0.3) is 5.91 Å². The highest BCUT2D eigenvalue weighted by Gasteiger charge is 2.26. The number of carbonyl (C=O) groups excluding carboxylic acids is 1. The van der Waals surface area contributed by atoms with E-state index in [0.717, 1.165) is 41.7 Å².